The molecule has 20 heavy (non-hydrogen) atoms. The number of halogens is 3. The van der Waals surface area contributed by atoms with E-state index in [1.165, 1.54) is 4.90 Å². The fraction of sp³-hybridized carbons (Fsp3) is 0.462. The zero-order valence-corrected chi connectivity index (χ0v) is 12.0. The molecule has 0 atom stereocenters. The van der Waals surface area contributed by atoms with Crippen LogP contribution < -0.4 is 11.1 Å². The van der Waals surface area contributed by atoms with Crippen molar-refractivity contribution in [2.45, 2.75) is 19.3 Å². The predicted octanol–water partition coefficient (Wildman–Crippen LogP) is 2.84. The van der Waals surface area contributed by atoms with Crippen LogP contribution in [0, 0.1) is 0 Å². The fourth-order valence-electron chi connectivity index (χ4n) is 1.69. The van der Waals surface area contributed by atoms with Crippen LogP contribution in [0.25, 0.3) is 0 Å². The van der Waals surface area contributed by atoms with E-state index in [4.69, 9.17) is 17.3 Å². The van der Waals surface area contributed by atoms with E-state index in [1.807, 2.05) is 0 Å². The van der Waals surface area contributed by atoms with E-state index in [0.717, 1.165) is 0 Å². The van der Waals surface area contributed by atoms with Crippen LogP contribution in [0.4, 0.5) is 20.2 Å². The molecule has 1 aromatic rings. The molecule has 1 amide bonds. The van der Waals surface area contributed by atoms with E-state index in [9.17, 15) is 13.6 Å². The molecule has 0 aliphatic heterocycles. The van der Waals surface area contributed by atoms with Gasteiger partial charge in [0.25, 0.3) is 6.43 Å². The van der Waals surface area contributed by atoms with Gasteiger partial charge in [-0.3, -0.25) is 4.79 Å². The second kappa shape index (κ2) is 8.01. The highest BCUT2D eigenvalue weighted by atomic mass is 35.5. The maximum Gasteiger partial charge on any atom is 0.251 e. The number of hydrogen-bond donors (Lipinski definition) is 2. The summed E-state index contributed by atoms with van der Waals surface area (Å²) in [7, 11) is 1.60. The van der Waals surface area contributed by atoms with Crippen molar-refractivity contribution in [3.8, 4) is 0 Å². The van der Waals surface area contributed by atoms with Crippen LogP contribution in [0.5, 0.6) is 0 Å². The molecule has 0 bridgehead atoms. The van der Waals surface area contributed by atoms with Gasteiger partial charge < -0.3 is 16.0 Å². The average molecular weight is 306 g/mol. The third-order valence-electron chi connectivity index (χ3n) is 2.68. The number of carbonyl (C=O) groups excluding carboxylic acids is 1. The van der Waals surface area contributed by atoms with Crippen LogP contribution in [0.2, 0.25) is 5.02 Å². The summed E-state index contributed by atoms with van der Waals surface area (Å²) in [5, 5.41) is 3.13. The first-order chi connectivity index (χ1) is 9.38. The molecule has 0 unspecified atom stereocenters. The Hall–Kier alpha value is -1.40. The summed E-state index contributed by atoms with van der Waals surface area (Å²) < 4.78 is 24.2. The molecule has 1 rings (SSSR count). The highest BCUT2D eigenvalue weighted by Crippen LogP contribution is 2.23. The normalized spacial score (nSPS) is 11.1. The van der Waals surface area contributed by atoms with Crippen molar-refractivity contribution in [3.63, 3.8) is 0 Å². The third kappa shape index (κ3) is 6.16. The number of amides is 1. The number of nitrogens with one attached hydrogen (secondary N) is 1. The van der Waals surface area contributed by atoms with Crippen molar-refractivity contribution in [2.24, 2.45) is 0 Å². The van der Waals surface area contributed by atoms with Gasteiger partial charge in [-0.2, -0.15) is 0 Å². The van der Waals surface area contributed by atoms with E-state index in [-0.39, 0.29) is 18.9 Å². The van der Waals surface area contributed by atoms with Crippen LogP contribution in [0.1, 0.15) is 12.8 Å². The highest BCUT2D eigenvalue weighted by molar-refractivity contribution is 6.31. The van der Waals surface area contributed by atoms with Gasteiger partial charge in [0.2, 0.25) is 5.91 Å². The van der Waals surface area contributed by atoms with E-state index >= 15 is 0 Å². The summed E-state index contributed by atoms with van der Waals surface area (Å²) in [4.78, 5) is 13.2. The standard InChI is InChI=1S/C13H18ClF2N3O/c1-19(8-12(15)16)6-2-3-13(20)18-11-7-9(14)4-5-10(11)17/h4-5,7,12H,2-3,6,8,17H2,1H3,(H,18,20). The summed E-state index contributed by atoms with van der Waals surface area (Å²) in [6, 6.07) is 4.80. The zero-order valence-electron chi connectivity index (χ0n) is 11.2. The maximum absolute atomic E-state index is 12.1. The summed E-state index contributed by atoms with van der Waals surface area (Å²) in [6.45, 7) is 0.144. The molecule has 7 heteroatoms. The van der Waals surface area contributed by atoms with Gasteiger partial charge in [0.1, 0.15) is 0 Å². The first kappa shape index (κ1) is 16.7. The summed E-state index contributed by atoms with van der Waals surface area (Å²) in [6.07, 6.45) is -1.63. The van der Waals surface area contributed by atoms with E-state index < -0.39 is 6.43 Å². The van der Waals surface area contributed by atoms with Crippen LogP contribution in [-0.4, -0.2) is 37.4 Å². The smallest absolute Gasteiger partial charge is 0.251 e. The molecule has 4 nitrogen and oxygen atoms in total. The Morgan fingerprint density at radius 2 is 2.20 bits per heavy atom. The first-order valence-electron chi connectivity index (χ1n) is 6.20. The molecule has 0 fully saturated rings. The van der Waals surface area contributed by atoms with E-state index in [1.54, 1.807) is 25.2 Å². The molecule has 0 aromatic heterocycles. The first-order valence-corrected chi connectivity index (χ1v) is 6.58. The van der Waals surface area contributed by atoms with Gasteiger partial charge >= 0.3 is 0 Å². The molecule has 0 spiro atoms. The Balaban J connectivity index is 2.35. The molecular weight excluding hydrogens is 288 g/mol. The number of alkyl halides is 2. The van der Waals surface area contributed by atoms with Crippen molar-refractivity contribution >= 4 is 28.9 Å². The SMILES string of the molecule is CN(CCCC(=O)Nc1cc(Cl)ccc1N)CC(F)F. The van der Waals surface area contributed by atoms with E-state index in [0.29, 0.717) is 29.4 Å². The van der Waals surface area contributed by atoms with Gasteiger partial charge in [-0.05, 0) is 38.2 Å². The predicted molar refractivity (Wildman–Crippen MR) is 77.2 cm³/mol. The number of benzene rings is 1. The van der Waals surface area contributed by atoms with Crippen LogP contribution in [-0.2, 0) is 4.79 Å². The maximum atomic E-state index is 12.1. The van der Waals surface area contributed by atoms with Crippen LogP contribution in [0.3, 0.4) is 0 Å². The zero-order chi connectivity index (χ0) is 15.1. The number of hydrogen-bond acceptors (Lipinski definition) is 3. The van der Waals surface area contributed by atoms with Crippen molar-refractivity contribution < 1.29 is 13.6 Å². The Labute approximate surface area is 121 Å². The van der Waals surface area contributed by atoms with Crippen molar-refractivity contribution in [1.29, 1.82) is 0 Å². The number of nitrogens with zero attached hydrogens (tertiary/aromatic N) is 1. The average Bonchev–Trinajstić information content (AvgIpc) is 2.33. The lowest BCUT2D eigenvalue weighted by Gasteiger charge is -2.15. The summed E-state index contributed by atoms with van der Waals surface area (Å²) >= 11 is 5.81. The number of carbonyl (C=O) groups is 1. The van der Waals surface area contributed by atoms with Crippen molar-refractivity contribution in [2.75, 3.05) is 31.2 Å². The quantitative estimate of drug-likeness (QED) is 0.762. The molecule has 0 heterocycles. The highest BCUT2D eigenvalue weighted by Gasteiger charge is 2.09. The second-order valence-electron chi connectivity index (χ2n) is 4.54. The molecule has 0 aliphatic rings. The number of nitrogen functional groups attached to an aromatic ring is 1. The number of nitrogens with two attached hydrogens (primary N) is 1. The molecule has 1 aromatic carbocycles. The summed E-state index contributed by atoms with van der Waals surface area (Å²) in [5.74, 6) is -0.218. The molecular formula is C13H18ClF2N3O. The molecule has 3 N–H and O–H groups in total. The minimum absolute atomic E-state index is 0.218. The lowest BCUT2D eigenvalue weighted by Crippen LogP contribution is -2.26. The van der Waals surface area contributed by atoms with Gasteiger partial charge in [-0.25, -0.2) is 8.78 Å². The Bertz CT molecular complexity index is 457. The van der Waals surface area contributed by atoms with Crippen LogP contribution >= 0.6 is 11.6 Å². The van der Waals surface area contributed by atoms with Gasteiger partial charge in [0, 0.05) is 11.4 Å². The third-order valence-corrected chi connectivity index (χ3v) is 2.92. The number of rotatable bonds is 7. The molecule has 0 radical (unpaired) electrons. The lowest BCUT2D eigenvalue weighted by atomic mass is 10.2. The monoisotopic (exact) mass is 305 g/mol. The lowest BCUT2D eigenvalue weighted by molar-refractivity contribution is -0.116. The Morgan fingerprint density at radius 3 is 2.85 bits per heavy atom. The van der Waals surface area contributed by atoms with Gasteiger partial charge in [-0.1, -0.05) is 11.6 Å². The second-order valence-corrected chi connectivity index (χ2v) is 4.97. The molecule has 0 saturated heterocycles. The molecule has 0 aliphatic carbocycles. The van der Waals surface area contributed by atoms with E-state index in [2.05, 4.69) is 5.32 Å². The summed E-state index contributed by atoms with van der Waals surface area (Å²) in [5.41, 5.74) is 6.59. The fourth-order valence-corrected chi connectivity index (χ4v) is 1.86. The van der Waals surface area contributed by atoms with Gasteiger partial charge in [0.15, 0.2) is 0 Å². The minimum Gasteiger partial charge on any atom is -0.397 e. The van der Waals surface area contributed by atoms with Crippen LogP contribution in [0.15, 0.2) is 18.2 Å². The van der Waals surface area contributed by atoms with Gasteiger partial charge in [-0.15, -0.1) is 0 Å². The largest absolute Gasteiger partial charge is 0.397 e. The minimum atomic E-state index is -2.36. The molecule has 0 saturated carbocycles. The number of anilines is 2. The Morgan fingerprint density at radius 1 is 1.50 bits per heavy atom. The van der Waals surface area contributed by atoms with Crippen molar-refractivity contribution in [3.05, 3.63) is 23.2 Å². The molecule has 112 valence electrons. The Kier molecular flexibility index (Phi) is 6.67. The topological polar surface area (TPSA) is 58.4 Å². The van der Waals surface area contributed by atoms with Gasteiger partial charge in [0.05, 0.1) is 17.9 Å². The van der Waals surface area contributed by atoms with Crippen molar-refractivity contribution in [1.82, 2.24) is 4.90 Å².